The first-order valence-electron chi connectivity index (χ1n) is 11.6. The van der Waals surface area contributed by atoms with Gasteiger partial charge in [0.05, 0.1) is 24.5 Å². The lowest BCUT2D eigenvalue weighted by Gasteiger charge is -2.40. The SMILES string of the molecule is COc1cc(F)ccc1OC(=O)N1C[C@H](C)N(C(C)=O)c2ccc(C3CNN(C4CC4)C3)cc21. The summed E-state index contributed by atoms with van der Waals surface area (Å²) < 4.78 is 24.4. The number of ether oxygens (including phenoxy) is 2. The molecule has 0 spiro atoms. The molecular formula is C25H29FN4O4. The van der Waals surface area contributed by atoms with Gasteiger partial charge in [-0.15, -0.1) is 0 Å². The number of benzene rings is 2. The highest BCUT2D eigenvalue weighted by Crippen LogP contribution is 2.40. The van der Waals surface area contributed by atoms with Crippen molar-refractivity contribution in [3.63, 3.8) is 0 Å². The Morgan fingerprint density at radius 3 is 2.56 bits per heavy atom. The number of rotatable bonds is 4. The molecule has 2 aromatic rings. The van der Waals surface area contributed by atoms with Crippen LogP contribution in [0.3, 0.4) is 0 Å². The molecule has 5 rings (SSSR count). The number of carbonyl (C=O) groups is 2. The molecule has 1 unspecified atom stereocenters. The normalized spacial score (nSPS) is 22.5. The number of nitrogens with one attached hydrogen (secondary N) is 1. The highest BCUT2D eigenvalue weighted by Gasteiger charge is 2.38. The summed E-state index contributed by atoms with van der Waals surface area (Å²) in [7, 11) is 1.39. The van der Waals surface area contributed by atoms with Gasteiger partial charge in [-0.3, -0.25) is 15.1 Å². The van der Waals surface area contributed by atoms with E-state index < -0.39 is 11.9 Å². The molecule has 3 aliphatic rings. The van der Waals surface area contributed by atoms with E-state index in [-0.39, 0.29) is 35.9 Å². The van der Waals surface area contributed by atoms with Crippen molar-refractivity contribution in [3.05, 3.63) is 47.8 Å². The fourth-order valence-corrected chi connectivity index (χ4v) is 4.91. The molecule has 2 aliphatic heterocycles. The van der Waals surface area contributed by atoms with Crippen LogP contribution in [0.1, 0.15) is 38.2 Å². The highest BCUT2D eigenvalue weighted by atomic mass is 19.1. The van der Waals surface area contributed by atoms with Crippen molar-refractivity contribution in [2.75, 3.05) is 36.5 Å². The fourth-order valence-electron chi connectivity index (χ4n) is 4.91. The molecule has 0 bridgehead atoms. The van der Waals surface area contributed by atoms with Crippen LogP contribution in [0, 0.1) is 5.82 Å². The zero-order valence-electron chi connectivity index (χ0n) is 19.6. The van der Waals surface area contributed by atoms with Gasteiger partial charge in [0, 0.05) is 44.6 Å². The molecule has 8 nitrogen and oxygen atoms in total. The third-order valence-corrected chi connectivity index (χ3v) is 6.74. The number of nitrogens with zero attached hydrogens (tertiary/aromatic N) is 3. The molecule has 2 atom stereocenters. The molecule has 1 saturated heterocycles. The molecule has 2 amide bonds. The van der Waals surface area contributed by atoms with Gasteiger partial charge in [-0.25, -0.2) is 14.2 Å². The lowest BCUT2D eigenvalue weighted by molar-refractivity contribution is -0.117. The van der Waals surface area contributed by atoms with Gasteiger partial charge in [-0.05, 0) is 49.6 Å². The number of anilines is 2. The van der Waals surface area contributed by atoms with Crippen molar-refractivity contribution in [1.82, 2.24) is 10.4 Å². The van der Waals surface area contributed by atoms with E-state index in [0.29, 0.717) is 17.4 Å². The van der Waals surface area contributed by atoms with Crippen LogP contribution in [0.15, 0.2) is 36.4 Å². The second-order valence-corrected chi connectivity index (χ2v) is 9.20. The summed E-state index contributed by atoms with van der Waals surface area (Å²) in [5, 5.41) is 2.31. The first-order chi connectivity index (χ1) is 16.4. The predicted octanol–water partition coefficient (Wildman–Crippen LogP) is 3.66. The van der Waals surface area contributed by atoms with Crippen molar-refractivity contribution in [2.24, 2.45) is 0 Å². The maximum absolute atomic E-state index is 13.6. The van der Waals surface area contributed by atoms with Crippen LogP contribution in [0.2, 0.25) is 0 Å². The van der Waals surface area contributed by atoms with E-state index in [1.807, 2.05) is 25.1 Å². The Hall–Kier alpha value is -3.17. The summed E-state index contributed by atoms with van der Waals surface area (Å²) in [6.07, 6.45) is 1.84. The van der Waals surface area contributed by atoms with E-state index in [2.05, 4.69) is 10.4 Å². The zero-order valence-corrected chi connectivity index (χ0v) is 19.6. The standard InChI is InChI=1S/C25H29FN4O4/c1-15-13-28(25(32)34-23-9-5-19(26)11-24(23)33-3)22-10-17(4-8-21(22)30(15)16(2)31)18-12-27-29(14-18)20-6-7-20/h4-5,8-11,15,18,20,27H,6-7,12-14H2,1-3H3/t15-,18?/m0/s1. The molecule has 1 N–H and O–H groups in total. The lowest BCUT2D eigenvalue weighted by atomic mass is 9.97. The molecule has 34 heavy (non-hydrogen) atoms. The smallest absolute Gasteiger partial charge is 0.420 e. The van der Waals surface area contributed by atoms with Crippen LogP contribution in [-0.2, 0) is 4.79 Å². The van der Waals surface area contributed by atoms with Gasteiger partial charge in [0.2, 0.25) is 5.91 Å². The van der Waals surface area contributed by atoms with Crippen LogP contribution < -0.4 is 24.7 Å². The minimum atomic E-state index is -0.609. The molecule has 2 fully saturated rings. The second kappa shape index (κ2) is 8.88. The monoisotopic (exact) mass is 468 g/mol. The number of hydrogen-bond donors (Lipinski definition) is 1. The van der Waals surface area contributed by atoms with Gasteiger partial charge < -0.3 is 14.4 Å². The van der Waals surface area contributed by atoms with E-state index in [1.54, 1.807) is 9.80 Å². The number of amides is 2. The quantitative estimate of drug-likeness (QED) is 0.738. The molecule has 0 radical (unpaired) electrons. The molecule has 9 heteroatoms. The summed E-state index contributed by atoms with van der Waals surface area (Å²) in [6.45, 7) is 5.44. The Morgan fingerprint density at radius 1 is 1.06 bits per heavy atom. The van der Waals surface area contributed by atoms with Gasteiger partial charge in [0.25, 0.3) is 0 Å². The van der Waals surface area contributed by atoms with E-state index in [9.17, 15) is 14.0 Å². The van der Waals surface area contributed by atoms with Gasteiger partial charge >= 0.3 is 6.09 Å². The topological polar surface area (TPSA) is 74.3 Å². The van der Waals surface area contributed by atoms with E-state index in [0.717, 1.165) is 18.7 Å². The highest BCUT2D eigenvalue weighted by molar-refractivity contribution is 6.02. The first kappa shape index (κ1) is 22.6. The van der Waals surface area contributed by atoms with Crippen molar-refractivity contribution < 1.29 is 23.5 Å². The van der Waals surface area contributed by atoms with Crippen LogP contribution in [0.4, 0.5) is 20.6 Å². The van der Waals surface area contributed by atoms with Crippen molar-refractivity contribution in [3.8, 4) is 11.5 Å². The molecule has 1 saturated carbocycles. The minimum Gasteiger partial charge on any atom is -0.493 e. The second-order valence-electron chi connectivity index (χ2n) is 9.20. The number of methoxy groups -OCH3 is 1. The molecule has 0 aromatic heterocycles. The summed E-state index contributed by atoms with van der Waals surface area (Å²) in [4.78, 5) is 29.0. The summed E-state index contributed by atoms with van der Waals surface area (Å²) in [5.41, 5.74) is 5.88. The number of carbonyl (C=O) groups excluding carboxylic acids is 2. The van der Waals surface area contributed by atoms with E-state index in [4.69, 9.17) is 9.47 Å². The maximum Gasteiger partial charge on any atom is 0.420 e. The van der Waals surface area contributed by atoms with E-state index >= 15 is 0 Å². The third-order valence-electron chi connectivity index (χ3n) is 6.74. The number of hydrazine groups is 1. The number of hydrogen-bond acceptors (Lipinski definition) is 6. The van der Waals surface area contributed by atoms with Gasteiger partial charge in [-0.1, -0.05) is 6.07 Å². The number of halogens is 1. The molecular weight excluding hydrogens is 439 g/mol. The summed E-state index contributed by atoms with van der Waals surface area (Å²) in [6, 6.07) is 10.1. The molecule has 1 aliphatic carbocycles. The van der Waals surface area contributed by atoms with E-state index in [1.165, 1.54) is 45.1 Å². The van der Waals surface area contributed by atoms with Gasteiger partial charge in [0.15, 0.2) is 11.5 Å². The van der Waals surface area contributed by atoms with Crippen molar-refractivity contribution in [2.45, 2.75) is 44.7 Å². The maximum atomic E-state index is 13.6. The predicted molar refractivity (Wildman–Crippen MR) is 126 cm³/mol. The zero-order chi connectivity index (χ0) is 24.0. The third kappa shape index (κ3) is 4.21. The number of fused-ring (bicyclic) bond motifs is 1. The Kier molecular flexibility index (Phi) is 5.91. The van der Waals surface area contributed by atoms with Crippen LogP contribution in [-0.4, -0.2) is 55.8 Å². The molecule has 2 aromatic carbocycles. The molecule has 2 heterocycles. The first-order valence-corrected chi connectivity index (χ1v) is 11.6. The van der Waals surface area contributed by atoms with Gasteiger partial charge in [-0.2, -0.15) is 0 Å². The van der Waals surface area contributed by atoms with Crippen molar-refractivity contribution >= 4 is 23.4 Å². The molecule has 180 valence electrons. The Balaban J connectivity index is 1.46. The fraction of sp³-hybridized carbons (Fsp3) is 0.440. The summed E-state index contributed by atoms with van der Waals surface area (Å²) >= 11 is 0. The van der Waals surface area contributed by atoms with Gasteiger partial charge in [0.1, 0.15) is 5.82 Å². The minimum absolute atomic E-state index is 0.0860. The van der Waals surface area contributed by atoms with Crippen LogP contribution in [0.25, 0.3) is 0 Å². The largest absolute Gasteiger partial charge is 0.493 e. The summed E-state index contributed by atoms with van der Waals surface area (Å²) in [5.74, 6) is -0.0211. The average Bonchev–Trinajstić information content (AvgIpc) is 3.55. The Morgan fingerprint density at radius 2 is 1.85 bits per heavy atom. The average molecular weight is 469 g/mol. The lowest BCUT2D eigenvalue weighted by Crippen LogP contribution is -2.52. The van der Waals surface area contributed by atoms with Crippen molar-refractivity contribution in [1.29, 1.82) is 0 Å². The Bertz CT molecular complexity index is 1120. The van der Waals surface area contributed by atoms with Crippen LogP contribution >= 0.6 is 0 Å². The van der Waals surface area contributed by atoms with Crippen LogP contribution in [0.5, 0.6) is 11.5 Å². The Labute approximate surface area is 198 Å².